The van der Waals surface area contributed by atoms with Crippen molar-refractivity contribution >= 4 is 17.5 Å². The second kappa shape index (κ2) is 4.01. The Balaban J connectivity index is 2.19. The number of rotatable bonds is 2. The molecule has 1 aromatic carbocycles. The normalized spacial score (nSPS) is 16.5. The van der Waals surface area contributed by atoms with Crippen molar-refractivity contribution in [2.24, 2.45) is 0 Å². The van der Waals surface area contributed by atoms with E-state index in [1.807, 2.05) is 30.3 Å². The van der Waals surface area contributed by atoms with Gasteiger partial charge in [-0.05, 0) is 25.5 Å². The van der Waals surface area contributed by atoms with Gasteiger partial charge in [0.2, 0.25) is 0 Å². The van der Waals surface area contributed by atoms with Crippen molar-refractivity contribution in [3.63, 3.8) is 0 Å². The molecule has 2 heteroatoms. The third-order valence-corrected chi connectivity index (χ3v) is 3.62. The lowest BCUT2D eigenvalue weighted by Gasteiger charge is -2.01. The molecule has 1 nitrogen and oxygen atoms in total. The third-order valence-electron chi connectivity index (χ3n) is 2.33. The SMILES string of the molecule is CC1=C(Sc2ccccc2)C(=O)CC1. The summed E-state index contributed by atoms with van der Waals surface area (Å²) < 4.78 is 0. The predicted molar refractivity (Wildman–Crippen MR) is 59.2 cm³/mol. The van der Waals surface area contributed by atoms with E-state index in [9.17, 15) is 4.79 Å². The van der Waals surface area contributed by atoms with Crippen LogP contribution in [0.25, 0.3) is 0 Å². The molecular formula is C12H12OS. The van der Waals surface area contributed by atoms with Crippen LogP contribution < -0.4 is 0 Å². The summed E-state index contributed by atoms with van der Waals surface area (Å²) in [6.07, 6.45) is 1.63. The molecule has 0 radical (unpaired) electrons. The molecule has 0 saturated heterocycles. The first-order valence-corrected chi connectivity index (χ1v) is 5.55. The average molecular weight is 204 g/mol. The number of hydrogen-bond donors (Lipinski definition) is 0. The van der Waals surface area contributed by atoms with Crippen molar-refractivity contribution in [3.8, 4) is 0 Å². The van der Waals surface area contributed by atoms with Gasteiger partial charge in [-0.1, -0.05) is 35.5 Å². The van der Waals surface area contributed by atoms with Gasteiger partial charge in [0.15, 0.2) is 5.78 Å². The molecule has 0 unspecified atom stereocenters. The Hall–Kier alpha value is -1.02. The minimum absolute atomic E-state index is 0.302. The van der Waals surface area contributed by atoms with E-state index in [4.69, 9.17) is 0 Å². The zero-order chi connectivity index (χ0) is 9.97. The Morgan fingerprint density at radius 3 is 2.43 bits per heavy atom. The van der Waals surface area contributed by atoms with Crippen molar-refractivity contribution in [1.29, 1.82) is 0 Å². The second-order valence-corrected chi connectivity index (χ2v) is 4.53. The molecule has 72 valence electrons. The highest BCUT2D eigenvalue weighted by molar-refractivity contribution is 8.04. The van der Waals surface area contributed by atoms with Crippen LogP contribution >= 0.6 is 11.8 Å². The minimum atomic E-state index is 0.302. The van der Waals surface area contributed by atoms with Crippen LogP contribution in [0, 0.1) is 0 Å². The van der Waals surface area contributed by atoms with Gasteiger partial charge in [-0.2, -0.15) is 0 Å². The molecule has 0 bridgehead atoms. The summed E-state index contributed by atoms with van der Waals surface area (Å²) in [5.41, 5.74) is 1.24. The summed E-state index contributed by atoms with van der Waals surface area (Å²) in [6.45, 7) is 2.05. The summed E-state index contributed by atoms with van der Waals surface area (Å²) in [6, 6.07) is 10.1. The number of carbonyl (C=O) groups excluding carboxylic acids is 1. The number of allylic oxidation sites excluding steroid dienone is 2. The molecule has 1 aromatic rings. The fourth-order valence-electron chi connectivity index (χ4n) is 1.52. The quantitative estimate of drug-likeness (QED) is 0.734. The van der Waals surface area contributed by atoms with Crippen molar-refractivity contribution in [2.45, 2.75) is 24.7 Å². The maximum absolute atomic E-state index is 11.5. The Morgan fingerprint density at radius 2 is 1.86 bits per heavy atom. The van der Waals surface area contributed by atoms with Crippen LogP contribution in [0.2, 0.25) is 0 Å². The zero-order valence-electron chi connectivity index (χ0n) is 8.12. The summed E-state index contributed by atoms with van der Waals surface area (Å²) >= 11 is 1.60. The molecule has 0 aromatic heterocycles. The smallest absolute Gasteiger partial charge is 0.169 e. The molecule has 2 rings (SSSR count). The number of ketones is 1. The van der Waals surface area contributed by atoms with E-state index in [-0.39, 0.29) is 0 Å². The molecule has 0 amide bonds. The fraction of sp³-hybridized carbons (Fsp3) is 0.250. The van der Waals surface area contributed by atoms with Crippen LogP contribution in [0.1, 0.15) is 19.8 Å². The van der Waals surface area contributed by atoms with Crippen LogP contribution in [0.3, 0.4) is 0 Å². The van der Waals surface area contributed by atoms with Gasteiger partial charge in [0.05, 0.1) is 4.91 Å². The number of carbonyl (C=O) groups is 1. The Kier molecular flexibility index (Phi) is 2.73. The van der Waals surface area contributed by atoms with Gasteiger partial charge >= 0.3 is 0 Å². The predicted octanol–water partition coefficient (Wildman–Crippen LogP) is 3.42. The van der Waals surface area contributed by atoms with Gasteiger partial charge in [0, 0.05) is 11.3 Å². The number of thioether (sulfide) groups is 1. The first-order valence-electron chi connectivity index (χ1n) is 4.73. The minimum Gasteiger partial charge on any atom is -0.294 e. The standard InChI is InChI=1S/C12H12OS/c1-9-7-8-11(13)12(9)14-10-5-3-2-4-6-10/h2-6H,7-8H2,1H3. The second-order valence-electron chi connectivity index (χ2n) is 3.45. The highest BCUT2D eigenvalue weighted by Crippen LogP contribution is 2.35. The van der Waals surface area contributed by atoms with Gasteiger partial charge in [0.1, 0.15) is 0 Å². The van der Waals surface area contributed by atoms with Crippen LogP contribution in [0.15, 0.2) is 45.7 Å². The van der Waals surface area contributed by atoms with Crippen molar-refractivity contribution in [2.75, 3.05) is 0 Å². The number of hydrogen-bond acceptors (Lipinski definition) is 2. The van der Waals surface area contributed by atoms with Gasteiger partial charge < -0.3 is 0 Å². The highest BCUT2D eigenvalue weighted by atomic mass is 32.2. The third kappa shape index (κ3) is 1.90. The number of benzene rings is 1. The van der Waals surface area contributed by atoms with Gasteiger partial charge in [-0.3, -0.25) is 4.79 Å². The van der Waals surface area contributed by atoms with Crippen LogP contribution in [0.4, 0.5) is 0 Å². The van der Waals surface area contributed by atoms with E-state index in [1.165, 1.54) is 5.57 Å². The van der Waals surface area contributed by atoms with Crippen LogP contribution in [0.5, 0.6) is 0 Å². The Morgan fingerprint density at radius 1 is 1.14 bits per heavy atom. The summed E-state index contributed by atoms with van der Waals surface area (Å²) in [5, 5.41) is 0. The molecule has 1 aliphatic rings. The van der Waals surface area contributed by atoms with E-state index in [1.54, 1.807) is 11.8 Å². The van der Waals surface area contributed by atoms with Gasteiger partial charge in [-0.25, -0.2) is 0 Å². The van der Waals surface area contributed by atoms with Crippen molar-refractivity contribution < 1.29 is 4.79 Å². The van der Waals surface area contributed by atoms with Crippen LogP contribution in [-0.2, 0) is 4.79 Å². The van der Waals surface area contributed by atoms with Crippen LogP contribution in [-0.4, -0.2) is 5.78 Å². The van der Waals surface area contributed by atoms with Crippen molar-refractivity contribution in [1.82, 2.24) is 0 Å². The molecule has 0 N–H and O–H groups in total. The fourth-order valence-corrected chi connectivity index (χ4v) is 2.54. The van der Waals surface area contributed by atoms with E-state index in [0.29, 0.717) is 12.2 Å². The topological polar surface area (TPSA) is 17.1 Å². The summed E-state index contributed by atoms with van der Waals surface area (Å²) in [7, 11) is 0. The van der Waals surface area contributed by atoms with E-state index in [2.05, 4.69) is 6.92 Å². The van der Waals surface area contributed by atoms with E-state index < -0.39 is 0 Å². The van der Waals surface area contributed by atoms with E-state index in [0.717, 1.165) is 16.2 Å². The molecule has 1 aliphatic carbocycles. The maximum atomic E-state index is 11.5. The van der Waals surface area contributed by atoms with Gasteiger partial charge in [0.25, 0.3) is 0 Å². The molecule has 0 aliphatic heterocycles. The summed E-state index contributed by atoms with van der Waals surface area (Å²) in [4.78, 5) is 13.6. The first kappa shape index (κ1) is 9.53. The number of Topliss-reactive ketones (excluding diaryl/α,β-unsaturated/α-hetero) is 1. The largest absolute Gasteiger partial charge is 0.294 e. The van der Waals surface area contributed by atoms with E-state index >= 15 is 0 Å². The molecular weight excluding hydrogens is 192 g/mol. The lowest BCUT2D eigenvalue weighted by Crippen LogP contribution is -1.91. The average Bonchev–Trinajstić information content (AvgIpc) is 2.51. The van der Waals surface area contributed by atoms with Crippen molar-refractivity contribution in [3.05, 3.63) is 40.8 Å². The molecule has 0 spiro atoms. The molecule has 0 saturated carbocycles. The molecule has 0 atom stereocenters. The zero-order valence-corrected chi connectivity index (χ0v) is 8.93. The molecule has 14 heavy (non-hydrogen) atoms. The van der Waals surface area contributed by atoms with Gasteiger partial charge in [-0.15, -0.1) is 0 Å². The Labute approximate surface area is 88.2 Å². The molecule has 0 fully saturated rings. The molecule has 0 heterocycles. The lowest BCUT2D eigenvalue weighted by atomic mass is 10.3. The maximum Gasteiger partial charge on any atom is 0.169 e. The Bertz CT molecular complexity index is 379. The highest BCUT2D eigenvalue weighted by Gasteiger charge is 2.20. The monoisotopic (exact) mass is 204 g/mol. The first-order chi connectivity index (χ1) is 6.77. The lowest BCUT2D eigenvalue weighted by molar-refractivity contribution is -0.114. The summed E-state index contributed by atoms with van der Waals surface area (Å²) in [5.74, 6) is 0.302.